The topological polar surface area (TPSA) is 56.0 Å². The van der Waals surface area contributed by atoms with E-state index < -0.39 is 5.54 Å². The number of rotatable bonds is 3. The van der Waals surface area contributed by atoms with E-state index in [1.165, 1.54) is 5.56 Å². The lowest BCUT2D eigenvalue weighted by Gasteiger charge is -2.24. The summed E-state index contributed by atoms with van der Waals surface area (Å²) in [6.07, 6.45) is 4.23. The summed E-state index contributed by atoms with van der Waals surface area (Å²) in [5.41, 5.74) is 7.44. The van der Waals surface area contributed by atoms with E-state index >= 15 is 0 Å². The van der Waals surface area contributed by atoms with Crippen molar-refractivity contribution in [2.75, 3.05) is 0 Å². The normalized spacial score (nSPS) is 22.6. The zero-order valence-corrected chi connectivity index (χ0v) is 9.86. The highest BCUT2D eigenvalue weighted by atomic mass is 16.1. The van der Waals surface area contributed by atoms with Crippen molar-refractivity contribution in [2.24, 2.45) is 5.73 Å². The van der Waals surface area contributed by atoms with Gasteiger partial charge in [-0.3, -0.25) is 9.78 Å². The number of carbonyl (C=O) groups excluding carboxylic acids is 1. The molecule has 3 heteroatoms. The van der Waals surface area contributed by atoms with Gasteiger partial charge in [0.1, 0.15) is 0 Å². The van der Waals surface area contributed by atoms with Crippen molar-refractivity contribution in [2.45, 2.75) is 44.6 Å². The number of hydrogen-bond acceptors (Lipinski definition) is 3. The minimum absolute atomic E-state index is 0.0915. The molecule has 2 atom stereocenters. The number of pyridine rings is 1. The zero-order chi connectivity index (χ0) is 11.8. The molecule has 0 spiro atoms. The molecule has 0 bridgehead atoms. The lowest BCUT2D eigenvalue weighted by molar-refractivity contribution is -0.125. The molecular weight excluding hydrogens is 200 g/mol. The second-order valence-corrected chi connectivity index (χ2v) is 4.77. The molecule has 0 amide bonds. The fourth-order valence-electron chi connectivity index (χ4n) is 2.24. The molecule has 16 heavy (non-hydrogen) atoms. The van der Waals surface area contributed by atoms with Crippen molar-refractivity contribution in [1.82, 2.24) is 4.98 Å². The van der Waals surface area contributed by atoms with Crippen LogP contribution in [0.2, 0.25) is 0 Å². The van der Waals surface area contributed by atoms with Gasteiger partial charge in [0.2, 0.25) is 0 Å². The number of hydrogen-bond donors (Lipinski definition) is 1. The van der Waals surface area contributed by atoms with E-state index in [1.807, 2.05) is 19.9 Å². The highest BCUT2D eigenvalue weighted by Gasteiger charge is 2.37. The Morgan fingerprint density at radius 2 is 2.44 bits per heavy atom. The quantitative estimate of drug-likeness (QED) is 0.841. The Morgan fingerprint density at radius 1 is 1.69 bits per heavy atom. The van der Waals surface area contributed by atoms with Crippen LogP contribution in [0.1, 0.15) is 43.9 Å². The van der Waals surface area contributed by atoms with Gasteiger partial charge >= 0.3 is 0 Å². The second-order valence-electron chi connectivity index (χ2n) is 4.77. The van der Waals surface area contributed by atoms with Crippen LogP contribution in [-0.4, -0.2) is 16.3 Å². The van der Waals surface area contributed by atoms with Gasteiger partial charge in [-0.2, -0.15) is 0 Å². The third-order valence-corrected chi connectivity index (χ3v) is 3.57. The van der Waals surface area contributed by atoms with Gasteiger partial charge in [0.05, 0.1) is 17.2 Å². The van der Waals surface area contributed by atoms with Crippen molar-refractivity contribution in [3.63, 3.8) is 0 Å². The van der Waals surface area contributed by atoms with Gasteiger partial charge < -0.3 is 5.73 Å². The Labute approximate surface area is 96.1 Å². The number of fused-ring (bicyclic) bond motifs is 1. The van der Waals surface area contributed by atoms with Gasteiger partial charge in [-0.25, -0.2) is 0 Å². The monoisotopic (exact) mass is 218 g/mol. The molecule has 2 unspecified atom stereocenters. The van der Waals surface area contributed by atoms with E-state index in [0.717, 1.165) is 18.5 Å². The van der Waals surface area contributed by atoms with Crippen LogP contribution in [0.4, 0.5) is 0 Å². The lowest BCUT2D eigenvalue weighted by Crippen LogP contribution is -2.46. The van der Waals surface area contributed by atoms with E-state index in [-0.39, 0.29) is 11.7 Å². The number of nitrogens with two attached hydrogens (primary N) is 1. The molecule has 1 aliphatic rings. The molecule has 1 aromatic rings. The zero-order valence-electron chi connectivity index (χ0n) is 9.86. The van der Waals surface area contributed by atoms with Crippen molar-refractivity contribution in [1.29, 1.82) is 0 Å². The summed E-state index contributed by atoms with van der Waals surface area (Å²) in [5.74, 6) is 0.0404. The van der Waals surface area contributed by atoms with Crippen molar-refractivity contribution >= 4 is 5.78 Å². The maximum atomic E-state index is 12.3. The number of ketones is 1. The van der Waals surface area contributed by atoms with Gasteiger partial charge in [-0.05, 0) is 37.8 Å². The van der Waals surface area contributed by atoms with Crippen molar-refractivity contribution < 1.29 is 4.79 Å². The molecule has 0 aliphatic heterocycles. The molecule has 3 nitrogen and oxygen atoms in total. The Hall–Kier alpha value is -1.22. The third kappa shape index (κ3) is 1.76. The molecule has 86 valence electrons. The number of Topliss-reactive ketones (excluding diaryl/α,β-unsaturated/α-hetero) is 1. The number of carbonyl (C=O) groups is 1. The molecule has 0 saturated carbocycles. The highest BCUT2D eigenvalue weighted by molar-refractivity contribution is 5.94. The van der Waals surface area contributed by atoms with Crippen molar-refractivity contribution in [3.05, 3.63) is 29.6 Å². The second kappa shape index (κ2) is 3.98. The third-order valence-electron chi connectivity index (χ3n) is 3.57. The van der Waals surface area contributed by atoms with Crippen LogP contribution in [0, 0.1) is 0 Å². The number of aryl methyl sites for hydroxylation is 1. The Morgan fingerprint density at radius 3 is 3.12 bits per heavy atom. The molecule has 0 radical (unpaired) electrons. The molecule has 0 fully saturated rings. The summed E-state index contributed by atoms with van der Waals surface area (Å²) in [6.45, 7) is 3.77. The fraction of sp³-hybridized carbons (Fsp3) is 0.538. The van der Waals surface area contributed by atoms with Gasteiger partial charge in [0, 0.05) is 6.20 Å². The summed E-state index contributed by atoms with van der Waals surface area (Å²) in [5, 5.41) is 0. The SMILES string of the molecule is CCC(C)(N)C(=O)C1CCc2cccnc21. The smallest absolute Gasteiger partial charge is 0.161 e. The van der Waals surface area contributed by atoms with Gasteiger partial charge in [0.15, 0.2) is 5.78 Å². The first kappa shape index (κ1) is 11.3. The van der Waals surface area contributed by atoms with E-state index in [0.29, 0.717) is 6.42 Å². The molecule has 0 aromatic carbocycles. The van der Waals surface area contributed by atoms with E-state index in [9.17, 15) is 4.79 Å². The minimum atomic E-state index is -0.718. The van der Waals surface area contributed by atoms with Crippen LogP contribution in [0.5, 0.6) is 0 Å². The summed E-state index contributed by atoms with van der Waals surface area (Å²) in [4.78, 5) is 16.6. The molecule has 1 heterocycles. The standard InChI is InChI=1S/C13H18N2O/c1-3-13(2,14)12(16)10-7-6-9-5-4-8-15-11(9)10/h4-5,8,10H,3,6-7,14H2,1-2H3. The average molecular weight is 218 g/mol. The first-order chi connectivity index (χ1) is 7.56. The van der Waals surface area contributed by atoms with Crippen LogP contribution >= 0.6 is 0 Å². The Balaban J connectivity index is 2.29. The fourth-order valence-corrected chi connectivity index (χ4v) is 2.24. The molecular formula is C13H18N2O. The van der Waals surface area contributed by atoms with Crippen LogP contribution in [0.3, 0.4) is 0 Å². The Kier molecular flexibility index (Phi) is 2.80. The largest absolute Gasteiger partial charge is 0.319 e. The van der Waals surface area contributed by atoms with Crippen LogP contribution in [0.25, 0.3) is 0 Å². The van der Waals surface area contributed by atoms with Crippen LogP contribution in [0.15, 0.2) is 18.3 Å². The van der Waals surface area contributed by atoms with E-state index in [2.05, 4.69) is 11.1 Å². The average Bonchev–Trinajstić information content (AvgIpc) is 2.71. The maximum Gasteiger partial charge on any atom is 0.161 e. The molecule has 1 aromatic heterocycles. The van der Waals surface area contributed by atoms with Crippen LogP contribution in [-0.2, 0) is 11.2 Å². The number of aromatic nitrogens is 1. The lowest BCUT2D eigenvalue weighted by atomic mass is 9.85. The minimum Gasteiger partial charge on any atom is -0.319 e. The molecule has 0 saturated heterocycles. The maximum absolute atomic E-state index is 12.3. The van der Waals surface area contributed by atoms with E-state index in [1.54, 1.807) is 6.20 Å². The summed E-state index contributed by atoms with van der Waals surface area (Å²) >= 11 is 0. The van der Waals surface area contributed by atoms with Gasteiger partial charge in [-0.15, -0.1) is 0 Å². The summed E-state index contributed by atoms with van der Waals surface area (Å²) in [6, 6.07) is 3.97. The van der Waals surface area contributed by atoms with Crippen molar-refractivity contribution in [3.8, 4) is 0 Å². The van der Waals surface area contributed by atoms with Gasteiger partial charge in [0.25, 0.3) is 0 Å². The van der Waals surface area contributed by atoms with Crippen LogP contribution < -0.4 is 5.73 Å². The highest BCUT2D eigenvalue weighted by Crippen LogP contribution is 2.34. The summed E-state index contributed by atoms with van der Waals surface area (Å²) in [7, 11) is 0. The molecule has 1 aliphatic carbocycles. The summed E-state index contributed by atoms with van der Waals surface area (Å²) < 4.78 is 0. The molecule has 2 rings (SSSR count). The van der Waals surface area contributed by atoms with E-state index in [4.69, 9.17) is 5.73 Å². The number of nitrogens with zero attached hydrogens (tertiary/aromatic N) is 1. The van der Waals surface area contributed by atoms with Gasteiger partial charge in [-0.1, -0.05) is 13.0 Å². The first-order valence-electron chi connectivity index (χ1n) is 5.83. The predicted octanol–water partition coefficient (Wildman–Crippen LogP) is 1.81. The predicted molar refractivity (Wildman–Crippen MR) is 63.2 cm³/mol. The first-order valence-corrected chi connectivity index (χ1v) is 5.83. The molecule has 2 N–H and O–H groups in total. The Bertz CT molecular complexity index is 412.